The van der Waals surface area contributed by atoms with Gasteiger partial charge in [-0.1, -0.05) is 32.0 Å². The molecule has 1 unspecified atom stereocenters. The Kier molecular flexibility index (Phi) is 11.7. The summed E-state index contributed by atoms with van der Waals surface area (Å²) in [7, 11) is 4.11. The Morgan fingerprint density at radius 2 is 1.94 bits per heavy atom. The molecule has 1 heterocycles. The molecule has 1 atom stereocenters. The topological polar surface area (TPSA) is 61.4 Å². The van der Waals surface area contributed by atoms with Crippen LogP contribution in [0.15, 0.2) is 29.3 Å². The monoisotopic (exact) mass is 433 g/mol. The molecule has 1 aromatic carbocycles. The van der Waals surface area contributed by atoms with Gasteiger partial charge < -0.3 is 25.0 Å². The first kappa shape index (κ1) is 25.4. The molecule has 0 amide bonds. The van der Waals surface area contributed by atoms with Gasteiger partial charge in [-0.05, 0) is 39.4 Å². The van der Waals surface area contributed by atoms with Gasteiger partial charge in [0.1, 0.15) is 12.4 Å². The van der Waals surface area contributed by atoms with E-state index in [0.717, 1.165) is 69.6 Å². The van der Waals surface area contributed by atoms with Crippen molar-refractivity contribution in [1.29, 1.82) is 0 Å². The summed E-state index contributed by atoms with van der Waals surface area (Å²) in [5, 5.41) is 6.97. The van der Waals surface area contributed by atoms with Crippen molar-refractivity contribution in [3.05, 3.63) is 29.8 Å². The Labute approximate surface area is 189 Å². The Morgan fingerprint density at radius 3 is 2.61 bits per heavy atom. The minimum absolute atomic E-state index is 0.481. The highest BCUT2D eigenvalue weighted by Gasteiger charge is 2.22. The van der Waals surface area contributed by atoms with Crippen LogP contribution in [0.25, 0.3) is 0 Å². The number of guanidine groups is 1. The predicted molar refractivity (Wildman–Crippen MR) is 129 cm³/mol. The van der Waals surface area contributed by atoms with E-state index in [1.807, 2.05) is 18.2 Å². The zero-order valence-electron chi connectivity index (χ0n) is 20.2. The van der Waals surface area contributed by atoms with E-state index < -0.39 is 0 Å². The summed E-state index contributed by atoms with van der Waals surface area (Å²) >= 11 is 0. The van der Waals surface area contributed by atoms with Crippen molar-refractivity contribution in [2.75, 3.05) is 66.6 Å². The van der Waals surface area contributed by atoms with Gasteiger partial charge in [0, 0.05) is 44.3 Å². The molecule has 176 valence electrons. The molecule has 7 nitrogen and oxygen atoms in total. The maximum absolute atomic E-state index is 5.99. The Balaban J connectivity index is 1.99. The fourth-order valence-corrected chi connectivity index (χ4v) is 3.68. The molecule has 31 heavy (non-hydrogen) atoms. The van der Waals surface area contributed by atoms with Crippen molar-refractivity contribution in [3.8, 4) is 5.75 Å². The maximum Gasteiger partial charge on any atom is 0.191 e. The highest BCUT2D eigenvalue weighted by molar-refractivity contribution is 5.79. The van der Waals surface area contributed by atoms with Gasteiger partial charge in [0.15, 0.2) is 5.96 Å². The lowest BCUT2D eigenvalue weighted by Gasteiger charge is -2.35. The molecule has 2 rings (SSSR count). The number of aliphatic imine (C=N–C) groups is 1. The minimum Gasteiger partial charge on any atom is -0.492 e. The van der Waals surface area contributed by atoms with Crippen molar-refractivity contribution in [3.63, 3.8) is 0 Å². The van der Waals surface area contributed by atoms with Crippen LogP contribution in [0.1, 0.15) is 32.8 Å². The van der Waals surface area contributed by atoms with Gasteiger partial charge in [-0.15, -0.1) is 0 Å². The maximum atomic E-state index is 5.99. The van der Waals surface area contributed by atoms with Crippen LogP contribution in [-0.2, 0) is 11.3 Å². The number of nitrogens with one attached hydrogen (secondary N) is 2. The zero-order chi connectivity index (χ0) is 22.5. The van der Waals surface area contributed by atoms with Gasteiger partial charge in [0.05, 0.1) is 19.8 Å². The molecule has 1 fully saturated rings. The van der Waals surface area contributed by atoms with Crippen LogP contribution in [-0.4, -0.2) is 88.4 Å². The molecular weight excluding hydrogens is 390 g/mol. The first-order valence-electron chi connectivity index (χ1n) is 11.7. The quantitative estimate of drug-likeness (QED) is 0.390. The van der Waals surface area contributed by atoms with Crippen LogP contribution < -0.4 is 15.4 Å². The number of hydrogen-bond acceptors (Lipinski definition) is 5. The smallest absolute Gasteiger partial charge is 0.191 e. The molecule has 2 N–H and O–H groups in total. The van der Waals surface area contributed by atoms with Crippen LogP contribution in [0.5, 0.6) is 5.75 Å². The Hall–Kier alpha value is -1.83. The average Bonchev–Trinajstić information content (AvgIpc) is 2.75. The van der Waals surface area contributed by atoms with Crippen molar-refractivity contribution in [2.24, 2.45) is 10.9 Å². The largest absolute Gasteiger partial charge is 0.492 e. The summed E-state index contributed by atoms with van der Waals surface area (Å²) in [6.07, 6.45) is 1.16. The first-order chi connectivity index (χ1) is 15.0. The van der Waals surface area contributed by atoms with E-state index in [1.54, 1.807) is 0 Å². The van der Waals surface area contributed by atoms with Gasteiger partial charge >= 0.3 is 0 Å². The van der Waals surface area contributed by atoms with E-state index in [4.69, 9.17) is 14.5 Å². The number of ether oxygens (including phenoxy) is 2. The van der Waals surface area contributed by atoms with Crippen molar-refractivity contribution in [1.82, 2.24) is 20.4 Å². The molecule has 1 aliphatic heterocycles. The molecule has 0 spiro atoms. The van der Waals surface area contributed by atoms with Gasteiger partial charge in [-0.25, -0.2) is 4.99 Å². The SMILES string of the molecule is CCNC(=NCc1ccccc1OCCN(C)C)NCC(CC(C)C)N1CCOCC1. The van der Waals surface area contributed by atoms with Crippen LogP contribution in [0.3, 0.4) is 0 Å². The average molecular weight is 434 g/mol. The summed E-state index contributed by atoms with van der Waals surface area (Å²) in [6, 6.07) is 8.65. The molecule has 0 aromatic heterocycles. The lowest BCUT2D eigenvalue weighted by Crippen LogP contribution is -2.51. The lowest BCUT2D eigenvalue weighted by atomic mass is 10.0. The molecule has 1 saturated heterocycles. The zero-order valence-corrected chi connectivity index (χ0v) is 20.2. The third-order valence-electron chi connectivity index (χ3n) is 5.33. The van der Waals surface area contributed by atoms with E-state index in [0.29, 0.717) is 25.1 Å². The second-order valence-corrected chi connectivity index (χ2v) is 8.77. The fourth-order valence-electron chi connectivity index (χ4n) is 3.68. The standard InChI is InChI=1S/C24H43N5O2/c1-6-25-24(27-19-22(17-20(2)3)29-12-14-30-15-13-29)26-18-21-9-7-8-10-23(21)31-16-11-28(4)5/h7-10,20,22H,6,11-19H2,1-5H3,(H2,25,26,27). The molecule has 1 aliphatic rings. The number of para-hydroxylation sites is 1. The molecule has 1 aromatic rings. The van der Waals surface area contributed by atoms with Gasteiger partial charge in [-0.3, -0.25) is 4.90 Å². The fraction of sp³-hybridized carbons (Fsp3) is 0.708. The Bertz CT molecular complexity index is 645. The van der Waals surface area contributed by atoms with E-state index in [9.17, 15) is 0 Å². The van der Waals surface area contributed by atoms with Gasteiger partial charge in [-0.2, -0.15) is 0 Å². The normalized spacial score (nSPS) is 16.5. The van der Waals surface area contributed by atoms with Crippen LogP contribution in [0.2, 0.25) is 0 Å². The summed E-state index contributed by atoms with van der Waals surface area (Å²) in [5.41, 5.74) is 1.10. The summed E-state index contributed by atoms with van der Waals surface area (Å²) in [4.78, 5) is 9.52. The molecule has 0 bridgehead atoms. The van der Waals surface area contributed by atoms with E-state index in [2.05, 4.69) is 61.4 Å². The molecule has 7 heteroatoms. The van der Waals surface area contributed by atoms with Gasteiger partial charge in [0.2, 0.25) is 0 Å². The predicted octanol–water partition coefficient (Wildman–Crippen LogP) is 2.43. The van der Waals surface area contributed by atoms with E-state index >= 15 is 0 Å². The highest BCUT2D eigenvalue weighted by Crippen LogP contribution is 2.19. The molecule has 0 radical (unpaired) electrons. The number of rotatable bonds is 12. The molecular formula is C24H43N5O2. The van der Waals surface area contributed by atoms with Crippen LogP contribution >= 0.6 is 0 Å². The second kappa shape index (κ2) is 14.3. The van der Waals surface area contributed by atoms with Crippen molar-refractivity contribution in [2.45, 2.75) is 39.8 Å². The summed E-state index contributed by atoms with van der Waals surface area (Å²) in [5.74, 6) is 2.42. The lowest BCUT2D eigenvalue weighted by molar-refractivity contribution is 0.0132. The van der Waals surface area contributed by atoms with Gasteiger partial charge in [0.25, 0.3) is 0 Å². The number of nitrogens with zero attached hydrogens (tertiary/aromatic N) is 3. The summed E-state index contributed by atoms with van der Waals surface area (Å²) in [6.45, 7) is 14.2. The van der Waals surface area contributed by atoms with E-state index in [-0.39, 0.29) is 0 Å². The van der Waals surface area contributed by atoms with Crippen LogP contribution in [0, 0.1) is 5.92 Å². The first-order valence-corrected chi connectivity index (χ1v) is 11.7. The third-order valence-corrected chi connectivity index (χ3v) is 5.33. The minimum atomic E-state index is 0.481. The molecule has 0 aliphatic carbocycles. The number of likely N-dealkylation sites (N-methyl/N-ethyl adjacent to an activating group) is 1. The number of benzene rings is 1. The third kappa shape index (κ3) is 9.89. The molecule has 0 saturated carbocycles. The highest BCUT2D eigenvalue weighted by atomic mass is 16.5. The second-order valence-electron chi connectivity index (χ2n) is 8.77. The number of hydrogen-bond donors (Lipinski definition) is 2. The summed E-state index contributed by atoms with van der Waals surface area (Å²) < 4.78 is 11.5. The number of morpholine rings is 1. The Morgan fingerprint density at radius 1 is 1.19 bits per heavy atom. The van der Waals surface area contributed by atoms with Crippen LogP contribution in [0.4, 0.5) is 0 Å². The van der Waals surface area contributed by atoms with Crippen molar-refractivity contribution < 1.29 is 9.47 Å². The van der Waals surface area contributed by atoms with E-state index in [1.165, 1.54) is 0 Å². The van der Waals surface area contributed by atoms with Crippen molar-refractivity contribution >= 4 is 5.96 Å².